The van der Waals surface area contributed by atoms with Gasteiger partial charge in [0.1, 0.15) is 5.51 Å². The molecular formula is C9H10N4O3S3. The molecule has 0 aliphatic carbocycles. The zero-order valence-electron chi connectivity index (χ0n) is 9.55. The van der Waals surface area contributed by atoms with E-state index in [-0.39, 0.29) is 17.8 Å². The second-order valence-corrected chi connectivity index (χ2v) is 7.97. The number of β-lactam (4-membered cyclic amide) rings is 1. The van der Waals surface area contributed by atoms with Crippen molar-refractivity contribution in [1.82, 2.24) is 15.1 Å². The van der Waals surface area contributed by atoms with Gasteiger partial charge in [0, 0.05) is 6.54 Å². The second-order valence-electron chi connectivity index (χ2n) is 4.24. The van der Waals surface area contributed by atoms with Gasteiger partial charge < -0.3 is 15.7 Å². The summed E-state index contributed by atoms with van der Waals surface area (Å²) in [5.74, 6) is -1.04. The van der Waals surface area contributed by atoms with Crippen LogP contribution in [0.2, 0.25) is 0 Å². The largest absolute Gasteiger partial charge is 0.480 e. The van der Waals surface area contributed by atoms with Gasteiger partial charge in [-0.3, -0.25) is 9.59 Å². The fourth-order valence-corrected chi connectivity index (χ4v) is 5.52. The van der Waals surface area contributed by atoms with Crippen molar-refractivity contribution in [2.75, 3.05) is 6.54 Å². The van der Waals surface area contributed by atoms with Gasteiger partial charge >= 0.3 is 5.97 Å². The van der Waals surface area contributed by atoms with Crippen LogP contribution in [-0.4, -0.2) is 54.1 Å². The van der Waals surface area contributed by atoms with Crippen LogP contribution in [0, 0.1) is 0 Å². The van der Waals surface area contributed by atoms with Crippen LogP contribution in [0.5, 0.6) is 0 Å². The third-order valence-corrected chi connectivity index (χ3v) is 6.94. The normalized spacial score (nSPS) is 33.7. The van der Waals surface area contributed by atoms with Crippen LogP contribution in [0.25, 0.3) is 0 Å². The Balaban J connectivity index is 1.90. The Morgan fingerprint density at radius 1 is 1.68 bits per heavy atom. The van der Waals surface area contributed by atoms with Crippen molar-refractivity contribution in [2.45, 2.75) is 26.3 Å². The number of hydrogen-bond acceptors (Lipinski definition) is 8. The van der Waals surface area contributed by atoms with Gasteiger partial charge in [0.2, 0.25) is 5.91 Å². The number of amides is 1. The van der Waals surface area contributed by atoms with Gasteiger partial charge in [-0.25, -0.2) is 0 Å². The number of thioether (sulfide) groups is 2. The van der Waals surface area contributed by atoms with Gasteiger partial charge in [0.15, 0.2) is 9.09 Å². The summed E-state index contributed by atoms with van der Waals surface area (Å²) in [5.41, 5.74) is 7.58. The third-order valence-electron chi connectivity index (χ3n) is 3.16. The number of nitrogens with two attached hydrogens (primary N) is 1. The molecule has 10 heteroatoms. The van der Waals surface area contributed by atoms with Crippen LogP contribution in [0.3, 0.4) is 0 Å². The Morgan fingerprint density at radius 3 is 3.05 bits per heavy atom. The average Bonchev–Trinajstić information content (AvgIpc) is 2.84. The van der Waals surface area contributed by atoms with Crippen molar-refractivity contribution < 1.29 is 14.7 Å². The number of carboxylic acid groups (broad SMARTS) is 1. The minimum Gasteiger partial charge on any atom is -0.480 e. The Bertz CT molecular complexity index is 525. The molecular weight excluding hydrogens is 308 g/mol. The Hall–Kier alpha value is -0.840. The Labute approximate surface area is 120 Å². The summed E-state index contributed by atoms with van der Waals surface area (Å²) >= 11 is 3.68. The maximum Gasteiger partial charge on any atom is 0.324 e. The van der Waals surface area contributed by atoms with E-state index < -0.39 is 16.1 Å². The molecule has 2 aliphatic rings. The third kappa shape index (κ3) is 2.02. The molecule has 0 radical (unpaired) electrons. The molecule has 2 saturated heterocycles. The summed E-state index contributed by atoms with van der Waals surface area (Å²) in [7, 11) is 0. The van der Waals surface area contributed by atoms with Crippen LogP contribution in [-0.2, 0) is 9.59 Å². The van der Waals surface area contributed by atoms with Gasteiger partial charge in [0.05, 0.1) is 17.2 Å². The van der Waals surface area contributed by atoms with Gasteiger partial charge in [0.25, 0.3) is 0 Å². The van der Waals surface area contributed by atoms with Crippen LogP contribution < -0.4 is 5.73 Å². The van der Waals surface area contributed by atoms with E-state index >= 15 is 0 Å². The maximum absolute atomic E-state index is 11.7. The quantitative estimate of drug-likeness (QED) is 0.752. The fourth-order valence-electron chi connectivity index (χ4n) is 2.05. The van der Waals surface area contributed by atoms with E-state index in [0.717, 1.165) is 11.8 Å². The van der Waals surface area contributed by atoms with Crippen molar-refractivity contribution in [2.24, 2.45) is 5.73 Å². The van der Waals surface area contributed by atoms with E-state index in [2.05, 4.69) is 10.2 Å². The number of carbonyl (C=O) groups excluding carboxylic acids is 1. The monoisotopic (exact) mass is 318 g/mol. The standard InChI is InChI=1S/C9H10N4O3S3/c10-6-9(7(15)16,19-8-12-11-3-17-8)2-13-4(14)1-5(13)18-6/h3,5-6H,1-2,10H2,(H,15,16)/t5-,6?,9?/m1/s1. The van der Waals surface area contributed by atoms with E-state index in [9.17, 15) is 14.7 Å². The summed E-state index contributed by atoms with van der Waals surface area (Å²) in [4.78, 5) is 24.8. The Kier molecular flexibility index (Phi) is 3.20. The number of carbonyl (C=O) groups is 2. The molecule has 1 amide bonds. The number of rotatable bonds is 3. The number of fused-ring (bicyclic) bond motifs is 1. The molecule has 1 aromatic rings. The molecule has 2 aliphatic heterocycles. The van der Waals surface area contributed by atoms with Crippen molar-refractivity contribution in [1.29, 1.82) is 0 Å². The molecule has 3 heterocycles. The zero-order chi connectivity index (χ0) is 13.6. The van der Waals surface area contributed by atoms with Crippen LogP contribution in [0.1, 0.15) is 6.42 Å². The van der Waals surface area contributed by atoms with Crippen molar-refractivity contribution >= 4 is 46.7 Å². The molecule has 0 bridgehead atoms. The highest BCUT2D eigenvalue weighted by Crippen LogP contribution is 2.48. The minimum absolute atomic E-state index is 0.0185. The number of hydrogen-bond donors (Lipinski definition) is 2. The molecule has 19 heavy (non-hydrogen) atoms. The van der Waals surface area contributed by atoms with Crippen molar-refractivity contribution in [3.63, 3.8) is 0 Å². The first-order valence-corrected chi connectivity index (χ1v) is 8.06. The second kappa shape index (κ2) is 4.62. The molecule has 2 fully saturated rings. The van der Waals surface area contributed by atoms with Crippen molar-refractivity contribution in [3.05, 3.63) is 5.51 Å². The predicted octanol–water partition coefficient (Wildman–Crippen LogP) is 0.0436. The zero-order valence-corrected chi connectivity index (χ0v) is 12.0. The lowest BCUT2D eigenvalue weighted by molar-refractivity contribution is -0.147. The van der Waals surface area contributed by atoms with Crippen LogP contribution >= 0.6 is 34.9 Å². The van der Waals surface area contributed by atoms with Gasteiger partial charge in [-0.15, -0.1) is 22.0 Å². The first kappa shape index (κ1) is 13.2. The highest BCUT2D eigenvalue weighted by atomic mass is 32.2. The predicted molar refractivity (Wildman–Crippen MR) is 71.8 cm³/mol. The lowest BCUT2D eigenvalue weighted by Crippen LogP contribution is -2.68. The van der Waals surface area contributed by atoms with E-state index in [1.54, 1.807) is 4.90 Å². The van der Waals surface area contributed by atoms with Crippen molar-refractivity contribution in [3.8, 4) is 0 Å². The molecule has 0 spiro atoms. The molecule has 3 atom stereocenters. The fraction of sp³-hybridized carbons (Fsp3) is 0.556. The summed E-state index contributed by atoms with van der Waals surface area (Å²) in [6, 6.07) is 0. The smallest absolute Gasteiger partial charge is 0.324 e. The lowest BCUT2D eigenvalue weighted by Gasteiger charge is -2.51. The van der Waals surface area contributed by atoms with E-state index in [1.807, 2.05) is 0 Å². The SMILES string of the molecule is NC1S[C@@H]2CC(=O)N2CC1(Sc1nncs1)C(=O)O. The summed E-state index contributed by atoms with van der Waals surface area (Å²) in [6.45, 7) is 0.115. The summed E-state index contributed by atoms with van der Waals surface area (Å²) in [6.07, 6.45) is 0.442. The maximum atomic E-state index is 11.7. The number of nitrogens with zero attached hydrogens (tertiary/aromatic N) is 3. The first-order valence-electron chi connectivity index (χ1n) is 5.42. The molecule has 1 aromatic heterocycles. The highest BCUT2D eigenvalue weighted by Gasteiger charge is 2.57. The molecule has 2 unspecified atom stereocenters. The van der Waals surface area contributed by atoms with Crippen LogP contribution in [0.4, 0.5) is 0 Å². The highest BCUT2D eigenvalue weighted by molar-refractivity contribution is 8.06. The van der Waals surface area contributed by atoms with Gasteiger partial charge in [-0.05, 0) is 0 Å². The van der Waals surface area contributed by atoms with Gasteiger partial charge in [-0.2, -0.15) is 0 Å². The average molecular weight is 318 g/mol. The lowest BCUT2D eigenvalue weighted by atomic mass is 10.0. The van der Waals surface area contributed by atoms with E-state index in [4.69, 9.17) is 5.73 Å². The number of carboxylic acids is 1. The molecule has 0 aromatic carbocycles. The molecule has 7 nitrogen and oxygen atoms in total. The number of aromatic nitrogens is 2. The minimum atomic E-state index is -1.27. The molecule has 102 valence electrons. The van der Waals surface area contributed by atoms with E-state index in [1.165, 1.54) is 28.6 Å². The Morgan fingerprint density at radius 2 is 2.47 bits per heavy atom. The van der Waals surface area contributed by atoms with Gasteiger partial charge in [-0.1, -0.05) is 23.1 Å². The van der Waals surface area contributed by atoms with Crippen LogP contribution in [0.15, 0.2) is 9.85 Å². The molecule has 0 saturated carbocycles. The molecule has 3 rings (SSSR count). The van der Waals surface area contributed by atoms with E-state index in [0.29, 0.717) is 10.8 Å². The molecule has 3 N–H and O–H groups in total. The summed E-state index contributed by atoms with van der Waals surface area (Å²) in [5, 5.41) is 16.6. The summed E-state index contributed by atoms with van der Waals surface area (Å²) < 4.78 is -0.721. The topological polar surface area (TPSA) is 109 Å². The number of aliphatic carboxylic acids is 1. The first-order chi connectivity index (χ1) is 9.03.